The zero-order chi connectivity index (χ0) is 22.4. The van der Waals surface area contributed by atoms with E-state index >= 15 is 0 Å². The molecule has 1 atom stereocenters. The van der Waals surface area contributed by atoms with Crippen LogP contribution in [0.2, 0.25) is 0 Å². The highest BCUT2D eigenvalue weighted by atomic mass is 19.4. The number of ether oxygens (including phenoxy) is 1. The van der Waals surface area contributed by atoms with E-state index in [1.165, 1.54) is 6.07 Å². The van der Waals surface area contributed by atoms with Gasteiger partial charge >= 0.3 is 12.2 Å². The number of aromatic nitrogens is 1. The van der Waals surface area contributed by atoms with Crippen molar-refractivity contribution in [2.45, 2.75) is 38.1 Å². The van der Waals surface area contributed by atoms with E-state index in [4.69, 9.17) is 10.5 Å². The van der Waals surface area contributed by atoms with Gasteiger partial charge < -0.3 is 21.1 Å². The first-order chi connectivity index (χ1) is 14.5. The average molecular weight is 430 g/mol. The first kappa shape index (κ1) is 20.8. The number of amides is 2. The van der Waals surface area contributed by atoms with Gasteiger partial charge in [-0.2, -0.15) is 13.2 Å². The molecule has 1 aromatic heterocycles. The Kier molecular flexibility index (Phi) is 4.91. The Labute approximate surface area is 176 Å². The number of hydrogen-bond donors (Lipinski definition) is 3. The van der Waals surface area contributed by atoms with Crippen molar-refractivity contribution >= 4 is 28.3 Å². The van der Waals surface area contributed by atoms with Crippen molar-refractivity contribution in [1.29, 1.82) is 0 Å². The highest BCUT2D eigenvalue weighted by Crippen LogP contribution is 2.42. The van der Waals surface area contributed by atoms with Crippen LogP contribution in [0.25, 0.3) is 10.8 Å². The lowest BCUT2D eigenvalue weighted by Crippen LogP contribution is -2.42. The summed E-state index contributed by atoms with van der Waals surface area (Å²) in [5, 5.41) is 7.20. The lowest BCUT2D eigenvalue weighted by Gasteiger charge is -2.38. The van der Waals surface area contributed by atoms with E-state index in [-0.39, 0.29) is 5.75 Å². The second-order valence-corrected chi connectivity index (χ2v) is 8.10. The molecule has 0 unspecified atom stereocenters. The Morgan fingerprint density at radius 3 is 2.74 bits per heavy atom. The first-order valence-electron chi connectivity index (χ1n) is 9.64. The molecule has 0 saturated heterocycles. The van der Waals surface area contributed by atoms with Gasteiger partial charge in [0.05, 0.1) is 17.3 Å². The predicted octanol–water partition coefficient (Wildman–Crippen LogP) is 5.26. The number of halogens is 3. The molecule has 0 aliphatic carbocycles. The number of nitrogens with two attached hydrogens (primary N) is 1. The SMILES string of the molecule is CC1(C)C[C@@H](NC(=O)Nc2cccc3cnc(N)cc23)c2ccc(C(F)(F)F)cc2O1. The van der Waals surface area contributed by atoms with Crippen LogP contribution in [0, 0.1) is 0 Å². The van der Waals surface area contributed by atoms with Gasteiger partial charge in [0.15, 0.2) is 0 Å². The molecule has 0 radical (unpaired) electrons. The average Bonchev–Trinajstić information content (AvgIpc) is 2.66. The third-order valence-electron chi connectivity index (χ3n) is 5.14. The maximum absolute atomic E-state index is 13.1. The molecule has 1 aliphatic rings. The number of rotatable bonds is 2. The summed E-state index contributed by atoms with van der Waals surface area (Å²) >= 11 is 0. The zero-order valence-electron chi connectivity index (χ0n) is 16.9. The molecule has 2 heterocycles. The fraction of sp³-hybridized carbons (Fsp3) is 0.273. The Hall–Kier alpha value is -3.49. The highest BCUT2D eigenvalue weighted by Gasteiger charge is 2.37. The van der Waals surface area contributed by atoms with Crippen molar-refractivity contribution in [3.8, 4) is 5.75 Å². The van der Waals surface area contributed by atoms with Crippen LogP contribution >= 0.6 is 0 Å². The molecule has 2 amide bonds. The van der Waals surface area contributed by atoms with Crippen molar-refractivity contribution < 1.29 is 22.7 Å². The minimum absolute atomic E-state index is 0.111. The molecule has 4 rings (SSSR count). The van der Waals surface area contributed by atoms with Gasteiger partial charge in [-0.05, 0) is 38.1 Å². The number of benzene rings is 2. The number of anilines is 2. The number of hydrogen-bond acceptors (Lipinski definition) is 4. The third kappa shape index (κ3) is 4.35. The molecule has 6 nitrogen and oxygen atoms in total. The topological polar surface area (TPSA) is 89.3 Å². The van der Waals surface area contributed by atoms with Crippen LogP contribution in [-0.4, -0.2) is 16.6 Å². The van der Waals surface area contributed by atoms with Crippen LogP contribution in [0.5, 0.6) is 5.75 Å². The van der Waals surface area contributed by atoms with E-state index in [1.807, 2.05) is 6.07 Å². The first-order valence-corrected chi connectivity index (χ1v) is 9.64. The largest absolute Gasteiger partial charge is 0.487 e. The van der Waals surface area contributed by atoms with E-state index in [1.54, 1.807) is 38.2 Å². The van der Waals surface area contributed by atoms with Gasteiger partial charge in [0.25, 0.3) is 0 Å². The Morgan fingerprint density at radius 2 is 2.00 bits per heavy atom. The van der Waals surface area contributed by atoms with Crippen LogP contribution in [0.1, 0.15) is 37.4 Å². The van der Waals surface area contributed by atoms with Crippen molar-refractivity contribution in [2.75, 3.05) is 11.1 Å². The normalized spacial score (nSPS) is 17.5. The molecule has 0 bridgehead atoms. The molecule has 0 spiro atoms. The maximum atomic E-state index is 13.1. The second kappa shape index (κ2) is 7.33. The van der Waals surface area contributed by atoms with Crippen LogP contribution < -0.4 is 21.1 Å². The van der Waals surface area contributed by atoms with Gasteiger partial charge in [-0.3, -0.25) is 0 Å². The smallest absolute Gasteiger partial charge is 0.416 e. The lowest BCUT2D eigenvalue weighted by molar-refractivity contribution is -0.137. The molecule has 162 valence electrons. The lowest BCUT2D eigenvalue weighted by atomic mass is 9.89. The molecule has 9 heteroatoms. The standard InChI is InChI=1S/C22H21F3N4O2/c1-21(2)10-17(14-7-6-13(22(23,24)25)8-18(14)31-21)29-20(30)28-16-5-3-4-12-11-27-19(26)9-15(12)16/h3-9,11,17H,10H2,1-2H3,(H2,26,27)(H2,28,29,30)/t17-/m1/s1. The summed E-state index contributed by atoms with van der Waals surface area (Å²) in [5.41, 5.74) is 5.25. The maximum Gasteiger partial charge on any atom is 0.416 e. The van der Waals surface area contributed by atoms with Crippen molar-refractivity contribution in [3.63, 3.8) is 0 Å². The highest BCUT2D eigenvalue weighted by molar-refractivity contribution is 6.02. The number of alkyl halides is 3. The van der Waals surface area contributed by atoms with Crippen LogP contribution in [0.4, 0.5) is 29.5 Å². The number of nitrogen functional groups attached to an aromatic ring is 1. The molecule has 31 heavy (non-hydrogen) atoms. The van der Waals surface area contributed by atoms with Gasteiger partial charge in [-0.1, -0.05) is 18.2 Å². The zero-order valence-corrected chi connectivity index (χ0v) is 16.9. The van der Waals surface area contributed by atoms with Crippen LogP contribution in [-0.2, 0) is 6.18 Å². The summed E-state index contributed by atoms with van der Waals surface area (Å²) in [7, 11) is 0. The van der Waals surface area contributed by atoms with Gasteiger partial charge in [0.2, 0.25) is 0 Å². The summed E-state index contributed by atoms with van der Waals surface area (Å²) in [6, 6.07) is 9.33. The Morgan fingerprint density at radius 1 is 1.23 bits per heavy atom. The Balaban J connectivity index is 1.60. The number of urea groups is 1. The number of carbonyl (C=O) groups is 1. The van der Waals surface area contributed by atoms with E-state index in [0.717, 1.165) is 22.9 Å². The quantitative estimate of drug-likeness (QED) is 0.517. The minimum atomic E-state index is -4.48. The molecule has 0 fully saturated rings. The summed E-state index contributed by atoms with van der Waals surface area (Å²) in [4.78, 5) is 16.8. The number of fused-ring (bicyclic) bond motifs is 2. The predicted molar refractivity (Wildman–Crippen MR) is 112 cm³/mol. The molecule has 1 aliphatic heterocycles. The number of nitrogens with one attached hydrogen (secondary N) is 2. The molecular weight excluding hydrogens is 409 g/mol. The van der Waals surface area contributed by atoms with Crippen molar-refractivity contribution in [1.82, 2.24) is 10.3 Å². The van der Waals surface area contributed by atoms with E-state index in [2.05, 4.69) is 15.6 Å². The van der Waals surface area contributed by atoms with E-state index < -0.39 is 29.4 Å². The monoisotopic (exact) mass is 430 g/mol. The third-order valence-corrected chi connectivity index (χ3v) is 5.14. The minimum Gasteiger partial charge on any atom is -0.487 e. The molecular formula is C22H21F3N4O2. The van der Waals surface area contributed by atoms with Gasteiger partial charge in [-0.25, -0.2) is 9.78 Å². The summed E-state index contributed by atoms with van der Waals surface area (Å²) < 4.78 is 45.1. The van der Waals surface area contributed by atoms with Gasteiger partial charge in [0.1, 0.15) is 17.2 Å². The van der Waals surface area contributed by atoms with Crippen LogP contribution in [0.15, 0.2) is 48.7 Å². The number of pyridine rings is 1. The van der Waals surface area contributed by atoms with Gasteiger partial charge in [-0.15, -0.1) is 0 Å². The molecule has 3 aromatic rings. The molecule has 0 saturated carbocycles. The van der Waals surface area contributed by atoms with Gasteiger partial charge in [0, 0.05) is 29.0 Å². The van der Waals surface area contributed by atoms with Crippen molar-refractivity contribution in [2.24, 2.45) is 0 Å². The second-order valence-electron chi connectivity index (χ2n) is 8.10. The number of nitrogens with zero attached hydrogens (tertiary/aromatic N) is 1. The molecule has 4 N–H and O–H groups in total. The number of carbonyl (C=O) groups excluding carboxylic acids is 1. The summed E-state index contributed by atoms with van der Waals surface area (Å²) in [5.74, 6) is 0.433. The fourth-order valence-electron chi connectivity index (χ4n) is 3.77. The fourth-order valence-corrected chi connectivity index (χ4v) is 3.77. The summed E-state index contributed by atoms with van der Waals surface area (Å²) in [6.45, 7) is 3.53. The van der Waals surface area contributed by atoms with E-state index in [9.17, 15) is 18.0 Å². The Bertz CT molecular complexity index is 1160. The molecule has 2 aromatic carbocycles. The summed E-state index contributed by atoms with van der Waals surface area (Å²) in [6.07, 6.45) is -2.47. The van der Waals surface area contributed by atoms with Crippen LogP contribution in [0.3, 0.4) is 0 Å². The van der Waals surface area contributed by atoms with E-state index in [0.29, 0.717) is 23.5 Å². The van der Waals surface area contributed by atoms with Crippen molar-refractivity contribution in [3.05, 3.63) is 59.8 Å².